The topological polar surface area (TPSA) is 45.0 Å². The van der Waals surface area contributed by atoms with Gasteiger partial charge >= 0.3 is 0 Å². The molecule has 1 aromatic carbocycles. The maximum atomic E-state index is 13.6. The molecule has 1 heterocycles. The summed E-state index contributed by atoms with van der Waals surface area (Å²) >= 11 is 0. The van der Waals surface area contributed by atoms with Crippen LogP contribution in [0.1, 0.15) is 24.0 Å². The lowest BCUT2D eigenvalue weighted by Gasteiger charge is -2.23. The van der Waals surface area contributed by atoms with E-state index in [2.05, 4.69) is 5.32 Å². The Morgan fingerprint density at radius 1 is 1.41 bits per heavy atom. The molecular weight excluding hydrogens is 219 g/mol. The van der Waals surface area contributed by atoms with Crippen molar-refractivity contribution >= 4 is 0 Å². The molecule has 17 heavy (non-hydrogen) atoms. The van der Waals surface area contributed by atoms with Crippen LogP contribution in [0.5, 0.6) is 0 Å². The van der Waals surface area contributed by atoms with Crippen LogP contribution in [0.25, 0.3) is 0 Å². The molecule has 4 heteroatoms. The highest BCUT2D eigenvalue weighted by molar-refractivity contribution is 5.32. The highest BCUT2D eigenvalue weighted by Crippen LogP contribution is 2.12. The van der Waals surface area contributed by atoms with Gasteiger partial charge in [-0.15, -0.1) is 0 Å². The molecule has 0 spiro atoms. The summed E-state index contributed by atoms with van der Waals surface area (Å²) < 4.78 is 18.8. The highest BCUT2D eigenvalue weighted by atomic mass is 19.1. The summed E-state index contributed by atoms with van der Waals surface area (Å²) in [6.45, 7) is 2.04. The van der Waals surface area contributed by atoms with E-state index in [0.29, 0.717) is 23.7 Å². The maximum absolute atomic E-state index is 13.6. The number of nitrogens with one attached hydrogen (secondary N) is 1. The average Bonchev–Trinajstić information content (AvgIpc) is 2.38. The molecule has 3 nitrogen and oxygen atoms in total. The van der Waals surface area contributed by atoms with Crippen LogP contribution >= 0.6 is 0 Å². The number of halogens is 1. The molecule has 1 aliphatic heterocycles. The first kappa shape index (κ1) is 12.0. The van der Waals surface area contributed by atoms with Crippen molar-refractivity contribution in [3.05, 3.63) is 35.1 Å². The third-order valence-electron chi connectivity index (χ3n) is 2.98. The van der Waals surface area contributed by atoms with Gasteiger partial charge in [-0.2, -0.15) is 5.26 Å². The summed E-state index contributed by atoms with van der Waals surface area (Å²) in [7, 11) is 0. The van der Waals surface area contributed by atoms with Gasteiger partial charge in [-0.3, -0.25) is 0 Å². The third-order valence-corrected chi connectivity index (χ3v) is 2.98. The van der Waals surface area contributed by atoms with Crippen molar-refractivity contribution in [3.8, 4) is 6.07 Å². The predicted octanol–water partition coefficient (Wildman–Crippen LogP) is 1.97. The van der Waals surface area contributed by atoms with Crippen molar-refractivity contribution in [1.82, 2.24) is 5.32 Å². The van der Waals surface area contributed by atoms with E-state index in [9.17, 15) is 4.39 Å². The van der Waals surface area contributed by atoms with Gasteiger partial charge in [0, 0.05) is 31.4 Å². The maximum Gasteiger partial charge on any atom is 0.129 e. The van der Waals surface area contributed by atoms with Crippen molar-refractivity contribution in [2.75, 3.05) is 13.2 Å². The van der Waals surface area contributed by atoms with Crippen LogP contribution < -0.4 is 5.32 Å². The lowest BCUT2D eigenvalue weighted by molar-refractivity contribution is 0.0775. The molecule has 0 saturated carbocycles. The van der Waals surface area contributed by atoms with Gasteiger partial charge in [0.2, 0.25) is 0 Å². The lowest BCUT2D eigenvalue weighted by atomic mass is 10.1. The van der Waals surface area contributed by atoms with Gasteiger partial charge in [-0.05, 0) is 25.0 Å². The molecule has 0 atom stereocenters. The van der Waals surface area contributed by atoms with E-state index < -0.39 is 0 Å². The van der Waals surface area contributed by atoms with Gasteiger partial charge < -0.3 is 10.1 Å². The number of rotatable bonds is 3. The number of nitrogens with zero attached hydrogens (tertiary/aromatic N) is 1. The van der Waals surface area contributed by atoms with E-state index in [0.717, 1.165) is 26.1 Å². The van der Waals surface area contributed by atoms with E-state index in [1.165, 1.54) is 6.07 Å². The summed E-state index contributed by atoms with van der Waals surface area (Å²) in [5.74, 6) is -0.316. The van der Waals surface area contributed by atoms with Gasteiger partial charge in [0.1, 0.15) is 5.82 Å². The van der Waals surface area contributed by atoms with Gasteiger partial charge in [0.05, 0.1) is 11.6 Å². The molecule has 2 rings (SSSR count). The van der Waals surface area contributed by atoms with Crippen LogP contribution in [0.2, 0.25) is 0 Å². The molecule has 1 N–H and O–H groups in total. The number of benzene rings is 1. The Balaban J connectivity index is 1.92. The van der Waals surface area contributed by atoms with E-state index in [1.54, 1.807) is 12.1 Å². The second-order valence-electron chi connectivity index (χ2n) is 4.19. The minimum Gasteiger partial charge on any atom is -0.381 e. The summed E-state index contributed by atoms with van der Waals surface area (Å²) in [6.07, 6.45) is 1.94. The molecule has 0 bridgehead atoms. The molecular formula is C13H15FN2O. The Morgan fingerprint density at radius 3 is 2.82 bits per heavy atom. The Kier molecular flexibility index (Phi) is 4.08. The van der Waals surface area contributed by atoms with E-state index in [4.69, 9.17) is 10.00 Å². The Bertz CT molecular complexity index is 422. The smallest absolute Gasteiger partial charge is 0.129 e. The first-order valence-corrected chi connectivity index (χ1v) is 5.79. The fourth-order valence-electron chi connectivity index (χ4n) is 1.92. The fraction of sp³-hybridized carbons (Fsp3) is 0.462. The molecule has 90 valence electrons. The van der Waals surface area contributed by atoms with Crippen molar-refractivity contribution in [2.45, 2.75) is 25.4 Å². The first-order valence-electron chi connectivity index (χ1n) is 5.79. The molecule has 1 fully saturated rings. The van der Waals surface area contributed by atoms with Gasteiger partial charge in [0.15, 0.2) is 0 Å². The van der Waals surface area contributed by atoms with E-state index in [1.807, 2.05) is 6.07 Å². The molecule has 1 aliphatic rings. The van der Waals surface area contributed by atoms with Gasteiger partial charge in [-0.25, -0.2) is 4.39 Å². The Morgan fingerprint density at radius 2 is 2.18 bits per heavy atom. The Labute approximate surface area is 100 Å². The molecule has 0 aliphatic carbocycles. The zero-order valence-corrected chi connectivity index (χ0v) is 9.58. The lowest BCUT2D eigenvalue weighted by Crippen LogP contribution is -2.34. The van der Waals surface area contributed by atoms with Crippen LogP contribution in [0.15, 0.2) is 18.2 Å². The zero-order chi connectivity index (χ0) is 12.1. The van der Waals surface area contributed by atoms with Crippen molar-refractivity contribution in [2.24, 2.45) is 0 Å². The quantitative estimate of drug-likeness (QED) is 0.869. The van der Waals surface area contributed by atoms with Crippen LogP contribution in [0, 0.1) is 17.1 Å². The van der Waals surface area contributed by atoms with E-state index in [-0.39, 0.29) is 5.82 Å². The van der Waals surface area contributed by atoms with Crippen LogP contribution in [0.3, 0.4) is 0 Å². The normalized spacial score (nSPS) is 16.7. The SMILES string of the molecule is N#Cc1ccc(CNC2CCOCC2)c(F)c1. The highest BCUT2D eigenvalue weighted by Gasteiger charge is 2.13. The minimum atomic E-state index is -0.316. The largest absolute Gasteiger partial charge is 0.381 e. The summed E-state index contributed by atoms with van der Waals surface area (Å²) in [5, 5.41) is 12.0. The molecule has 0 radical (unpaired) electrons. The second-order valence-corrected chi connectivity index (χ2v) is 4.19. The molecule has 0 amide bonds. The number of ether oxygens (including phenoxy) is 1. The number of hydrogen-bond acceptors (Lipinski definition) is 3. The van der Waals surface area contributed by atoms with Crippen molar-refractivity contribution < 1.29 is 9.13 Å². The van der Waals surface area contributed by atoms with E-state index >= 15 is 0 Å². The minimum absolute atomic E-state index is 0.316. The molecule has 1 saturated heterocycles. The standard InChI is InChI=1S/C13H15FN2O/c14-13-7-10(8-15)1-2-11(13)9-16-12-3-5-17-6-4-12/h1-2,7,12,16H,3-6,9H2. The third kappa shape index (κ3) is 3.26. The summed E-state index contributed by atoms with van der Waals surface area (Å²) in [4.78, 5) is 0. The zero-order valence-electron chi connectivity index (χ0n) is 9.58. The Hall–Kier alpha value is -1.44. The molecule has 0 aromatic heterocycles. The summed E-state index contributed by atoms with van der Waals surface area (Å²) in [6, 6.07) is 6.91. The average molecular weight is 234 g/mol. The van der Waals surface area contributed by atoms with Crippen LogP contribution in [-0.2, 0) is 11.3 Å². The second kappa shape index (κ2) is 5.76. The number of hydrogen-bond donors (Lipinski definition) is 1. The monoisotopic (exact) mass is 234 g/mol. The van der Waals surface area contributed by atoms with Gasteiger partial charge in [-0.1, -0.05) is 6.07 Å². The predicted molar refractivity (Wildman–Crippen MR) is 61.8 cm³/mol. The van der Waals surface area contributed by atoms with Crippen molar-refractivity contribution in [1.29, 1.82) is 5.26 Å². The first-order chi connectivity index (χ1) is 8.29. The number of nitriles is 1. The molecule has 0 unspecified atom stereocenters. The van der Waals surface area contributed by atoms with Crippen molar-refractivity contribution in [3.63, 3.8) is 0 Å². The molecule has 1 aromatic rings. The van der Waals surface area contributed by atoms with Crippen LogP contribution in [0.4, 0.5) is 4.39 Å². The fourth-order valence-corrected chi connectivity index (χ4v) is 1.92. The van der Waals surface area contributed by atoms with Gasteiger partial charge in [0.25, 0.3) is 0 Å². The van der Waals surface area contributed by atoms with Crippen LogP contribution in [-0.4, -0.2) is 19.3 Å². The summed E-state index contributed by atoms with van der Waals surface area (Å²) in [5.41, 5.74) is 0.966.